The van der Waals surface area contributed by atoms with E-state index in [1.807, 2.05) is 22.6 Å². The molecule has 0 unspecified atom stereocenters. The Kier molecular flexibility index (Phi) is 2.53. The number of rotatable bonds is 0. The van der Waals surface area contributed by atoms with Gasteiger partial charge in [-0.25, -0.2) is 4.98 Å². The van der Waals surface area contributed by atoms with Crippen LogP contribution in [0.1, 0.15) is 5.69 Å². The lowest BCUT2D eigenvalue weighted by molar-refractivity contribution is -0.141. The SMILES string of the molecule is FC(F)(F)c1cc2n[nH]c(I)c2c(Cl)n1. The molecule has 2 rings (SSSR count). The Morgan fingerprint density at radius 2 is 2.07 bits per heavy atom. The van der Waals surface area contributed by atoms with Crippen LogP contribution >= 0.6 is 34.2 Å². The normalized spacial score (nSPS) is 12.3. The predicted molar refractivity (Wildman–Crippen MR) is 56.6 cm³/mol. The molecule has 0 aliphatic rings. The van der Waals surface area contributed by atoms with Gasteiger partial charge in [-0.15, -0.1) is 0 Å². The summed E-state index contributed by atoms with van der Waals surface area (Å²) in [5.74, 6) is 0. The Morgan fingerprint density at radius 3 is 2.67 bits per heavy atom. The van der Waals surface area contributed by atoms with Gasteiger partial charge in [-0.3, -0.25) is 5.10 Å². The van der Waals surface area contributed by atoms with E-state index in [0.29, 0.717) is 9.09 Å². The number of aromatic amines is 1. The molecule has 0 aliphatic carbocycles. The second-order valence-corrected chi connectivity index (χ2v) is 4.16. The van der Waals surface area contributed by atoms with Crippen molar-refractivity contribution < 1.29 is 13.2 Å². The minimum atomic E-state index is -4.51. The van der Waals surface area contributed by atoms with E-state index in [4.69, 9.17) is 11.6 Å². The average Bonchev–Trinajstić information content (AvgIpc) is 2.46. The zero-order chi connectivity index (χ0) is 11.2. The number of nitrogens with zero attached hydrogens (tertiary/aromatic N) is 2. The summed E-state index contributed by atoms with van der Waals surface area (Å²) in [5, 5.41) is 6.45. The van der Waals surface area contributed by atoms with Crippen molar-refractivity contribution >= 4 is 45.1 Å². The maximum atomic E-state index is 12.3. The van der Waals surface area contributed by atoms with Gasteiger partial charge in [0, 0.05) is 0 Å². The molecule has 0 atom stereocenters. The number of H-pyrrole nitrogens is 1. The molecule has 0 radical (unpaired) electrons. The highest BCUT2D eigenvalue weighted by atomic mass is 127. The summed E-state index contributed by atoms with van der Waals surface area (Å²) >= 11 is 7.53. The van der Waals surface area contributed by atoms with E-state index in [1.165, 1.54) is 0 Å². The fourth-order valence-corrected chi connectivity index (χ4v) is 2.20. The fraction of sp³-hybridized carbons (Fsp3) is 0.143. The van der Waals surface area contributed by atoms with Crippen LogP contribution in [0.25, 0.3) is 10.9 Å². The van der Waals surface area contributed by atoms with E-state index in [9.17, 15) is 13.2 Å². The first-order valence-corrected chi connectivity index (χ1v) is 5.12. The Hall–Kier alpha value is -0.570. The molecule has 2 heterocycles. The average molecular weight is 347 g/mol. The highest BCUT2D eigenvalue weighted by molar-refractivity contribution is 14.1. The molecule has 0 aromatic carbocycles. The van der Waals surface area contributed by atoms with Gasteiger partial charge < -0.3 is 0 Å². The Bertz CT molecular complexity index is 522. The number of hydrogen-bond donors (Lipinski definition) is 1. The van der Waals surface area contributed by atoms with Crippen LogP contribution in [-0.2, 0) is 6.18 Å². The molecule has 3 nitrogen and oxygen atoms in total. The lowest BCUT2D eigenvalue weighted by Gasteiger charge is -2.05. The molecule has 2 aromatic heterocycles. The molecule has 1 N–H and O–H groups in total. The maximum Gasteiger partial charge on any atom is 0.433 e. The smallest absolute Gasteiger partial charge is 0.271 e. The highest BCUT2D eigenvalue weighted by Crippen LogP contribution is 2.33. The quantitative estimate of drug-likeness (QED) is 0.587. The molecule has 0 bridgehead atoms. The minimum absolute atomic E-state index is 0.159. The summed E-state index contributed by atoms with van der Waals surface area (Å²) in [6.45, 7) is 0. The number of pyridine rings is 1. The van der Waals surface area contributed by atoms with Gasteiger partial charge in [0.05, 0.1) is 10.9 Å². The summed E-state index contributed by atoms with van der Waals surface area (Å²) in [6, 6.07) is 0.861. The summed E-state index contributed by atoms with van der Waals surface area (Å²) in [4.78, 5) is 3.28. The van der Waals surface area contributed by atoms with Crippen molar-refractivity contribution in [2.24, 2.45) is 0 Å². The first kappa shape index (κ1) is 10.9. The van der Waals surface area contributed by atoms with Crippen LogP contribution in [0, 0.1) is 3.70 Å². The number of nitrogens with one attached hydrogen (secondary N) is 1. The second-order valence-electron chi connectivity index (χ2n) is 2.73. The zero-order valence-corrected chi connectivity index (χ0v) is 9.78. The van der Waals surface area contributed by atoms with Crippen LogP contribution < -0.4 is 0 Å². The predicted octanol–water partition coefficient (Wildman–Crippen LogP) is 3.23. The molecule has 0 amide bonds. The van der Waals surface area contributed by atoms with E-state index in [0.717, 1.165) is 6.07 Å². The molecule has 0 fully saturated rings. The van der Waals surface area contributed by atoms with Crippen LogP contribution in [0.5, 0.6) is 0 Å². The summed E-state index contributed by atoms with van der Waals surface area (Å²) in [5.41, 5.74) is -0.880. The summed E-state index contributed by atoms with van der Waals surface area (Å²) < 4.78 is 37.6. The van der Waals surface area contributed by atoms with Crippen molar-refractivity contribution in [3.8, 4) is 0 Å². The lowest BCUT2D eigenvalue weighted by atomic mass is 10.3. The van der Waals surface area contributed by atoms with Crippen molar-refractivity contribution in [3.05, 3.63) is 20.6 Å². The van der Waals surface area contributed by atoms with Gasteiger partial charge in [-0.05, 0) is 28.7 Å². The van der Waals surface area contributed by atoms with Crippen LogP contribution in [0.4, 0.5) is 13.2 Å². The molecule has 80 valence electrons. The number of fused-ring (bicyclic) bond motifs is 1. The molecule has 2 aromatic rings. The monoisotopic (exact) mass is 347 g/mol. The van der Waals surface area contributed by atoms with Gasteiger partial charge in [0.15, 0.2) is 0 Å². The van der Waals surface area contributed by atoms with E-state index in [2.05, 4.69) is 15.2 Å². The number of alkyl halides is 3. The lowest BCUT2D eigenvalue weighted by Crippen LogP contribution is -2.07. The van der Waals surface area contributed by atoms with E-state index >= 15 is 0 Å². The zero-order valence-electron chi connectivity index (χ0n) is 6.86. The largest absolute Gasteiger partial charge is 0.433 e. The van der Waals surface area contributed by atoms with Crippen molar-refractivity contribution in [1.82, 2.24) is 15.2 Å². The standard InChI is InChI=1S/C7H2ClF3IN3/c8-5-4-2(14-15-6(4)12)1-3(13-5)7(9,10)11/h1H,(H,14,15). The van der Waals surface area contributed by atoms with Gasteiger partial charge >= 0.3 is 6.18 Å². The molecule has 8 heteroatoms. The Labute approximate surface area is 100 Å². The van der Waals surface area contributed by atoms with Crippen molar-refractivity contribution in [2.45, 2.75) is 6.18 Å². The number of hydrogen-bond acceptors (Lipinski definition) is 2. The first-order valence-electron chi connectivity index (χ1n) is 3.67. The van der Waals surface area contributed by atoms with Crippen molar-refractivity contribution in [2.75, 3.05) is 0 Å². The van der Waals surface area contributed by atoms with Crippen LogP contribution in [0.2, 0.25) is 5.15 Å². The molecular formula is C7H2ClF3IN3. The van der Waals surface area contributed by atoms with Crippen LogP contribution in [0.15, 0.2) is 6.07 Å². The number of aromatic nitrogens is 3. The van der Waals surface area contributed by atoms with Crippen molar-refractivity contribution in [3.63, 3.8) is 0 Å². The van der Waals surface area contributed by atoms with E-state index in [-0.39, 0.29) is 10.7 Å². The van der Waals surface area contributed by atoms with Crippen LogP contribution in [0.3, 0.4) is 0 Å². The third-order valence-corrected chi connectivity index (χ3v) is 2.79. The molecule has 0 aliphatic heterocycles. The van der Waals surface area contributed by atoms with E-state index in [1.54, 1.807) is 0 Å². The second kappa shape index (κ2) is 3.48. The Balaban J connectivity index is 2.74. The van der Waals surface area contributed by atoms with Gasteiger partial charge in [0.1, 0.15) is 14.5 Å². The number of halogens is 5. The maximum absolute atomic E-state index is 12.3. The molecule has 0 saturated heterocycles. The minimum Gasteiger partial charge on any atom is -0.271 e. The molecule has 15 heavy (non-hydrogen) atoms. The molecule has 0 spiro atoms. The van der Waals surface area contributed by atoms with Gasteiger partial charge in [-0.1, -0.05) is 11.6 Å². The molecular weight excluding hydrogens is 345 g/mol. The molecule has 0 saturated carbocycles. The van der Waals surface area contributed by atoms with Gasteiger partial charge in [0.2, 0.25) is 0 Å². The topological polar surface area (TPSA) is 41.6 Å². The first-order chi connectivity index (χ1) is 6.89. The third kappa shape index (κ3) is 1.89. The van der Waals surface area contributed by atoms with Gasteiger partial charge in [0.25, 0.3) is 0 Å². The highest BCUT2D eigenvalue weighted by Gasteiger charge is 2.33. The van der Waals surface area contributed by atoms with Crippen molar-refractivity contribution in [1.29, 1.82) is 0 Å². The fourth-order valence-electron chi connectivity index (χ4n) is 1.10. The third-order valence-electron chi connectivity index (χ3n) is 1.74. The van der Waals surface area contributed by atoms with E-state index < -0.39 is 11.9 Å². The summed E-state index contributed by atoms with van der Waals surface area (Å²) in [6.07, 6.45) is -4.51. The van der Waals surface area contributed by atoms with Gasteiger partial charge in [-0.2, -0.15) is 18.3 Å². The Morgan fingerprint density at radius 1 is 1.40 bits per heavy atom. The van der Waals surface area contributed by atoms with Crippen LogP contribution in [-0.4, -0.2) is 15.2 Å². The summed E-state index contributed by atoms with van der Waals surface area (Å²) in [7, 11) is 0.